The van der Waals surface area contributed by atoms with Gasteiger partial charge in [-0.15, -0.1) is 0 Å². The highest BCUT2D eigenvalue weighted by Crippen LogP contribution is 2.54. The van der Waals surface area contributed by atoms with Crippen molar-refractivity contribution in [2.45, 2.75) is 32.1 Å². The number of benzene rings is 2. The quantitative estimate of drug-likeness (QED) is 0.556. The third-order valence-corrected chi connectivity index (χ3v) is 6.24. The van der Waals surface area contributed by atoms with Crippen LogP contribution in [-0.2, 0) is 24.5 Å². The van der Waals surface area contributed by atoms with Gasteiger partial charge in [0.1, 0.15) is 0 Å². The molecule has 31 heavy (non-hydrogen) atoms. The van der Waals surface area contributed by atoms with Gasteiger partial charge in [-0.3, -0.25) is 9.59 Å². The maximum absolute atomic E-state index is 12.4. The number of methoxy groups -OCH3 is 2. The average molecular weight is 418 g/mol. The lowest BCUT2D eigenvalue weighted by Gasteiger charge is -2.34. The topological polar surface area (TPSA) is 78.4 Å². The Hall–Kier alpha value is -3.28. The van der Waals surface area contributed by atoms with Gasteiger partial charge in [0.15, 0.2) is 0 Å². The van der Waals surface area contributed by atoms with E-state index in [2.05, 4.69) is 6.07 Å². The van der Waals surface area contributed by atoms with E-state index in [1.54, 1.807) is 0 Å². The monoisotopic (exact) mass is 418 g/mol. The fourth-order valence-electron chi connectivity index (χ4n) is 4.87. The second-order valence-corrected chi connectivity index (χ2v) is 8.29. The second kappa shape index (κ2) is 8.10. The molecular weight excluding hydrogens is 392 g/mol. The summed E-state index contributed by atoms with van der Waals surface area (Å²) in [6.45, 7) is 3.71. The van der Waals surface area contributed by atoms with E-state index in [1.807, 2.05) is 56.3 Å². The predicted molar refractivity (Wildman–Crippen MR) is 117 cm³/mol. The average Bonchev–Trinajstić information content (AvgIpc) is 3.05. The maximum atomic E-state index is 12.4. The van der Waals surface area contributed by atoms with Crippen molar-refractivity contribution in [2.24, 2.45) is 11.8 Å². The number of carbonyl (C=O) groups excluding carboxylic acids is 2. The zero-order valence-corrected chi connectivity index (χ0v) is 18.2. The molecule has 0 saturated heterocycles. The van der Waals surface area contributed by atoms with E-state index < -0.39 is 5.41 Å². The molecule has 160 valence electrons. The van der Waals surface area contributed by atoms with Crippen molar-refractivity contribution < 1.29 is 19.1 Å². The van der Waals surface area contributed by atoms with Gasteiger partial charge in [0.25, 0.3) is 0 Å². The molecule has 0 bridgehead atoms. The molecule has 6 nitrogen and oxygen atoms in total. The number of esters is 2. The van der Waals surface area contributed by atoms with Gasteiger partial charge in [-0.2, -0.15) is 0 Å². The van der Waals surface area contributed by atoms with Crippen LogP contribution in [0.25, 0.3) is 22.3 Å². The third kappa shape index (κ3) is 3.46. The van der Waals surface area contributed by atoms with Crippen LogP contribution in [0.4, 0.5) is 0 Å². The fourth-order valence-corrected chi connectivity index (χ4v) is 4.87. The standard InChI is InChI=1S/C25H26N2O4/c1-15(23(28)30-3)13-25(14-16(2)24(29)31-4)18-10-6-5-9-17(18)21-22(25)27-20-12-8-7-11-19(20)26-21/h5-12,15-16H,13-14H2,1-4H3. The fraction of sp³-hybridized carbons (Fsp3) is 0.360. The summed E-state index contributed by atoms with van der Waals surface area (Å²) < 4.78 is 10.0. The summed E-state index contributed by atoms with van der Waals surface area (Å²) in [5, 5.41) is 0. The van der Waals surface area contributed by atoms with Crippen molar-refractivity contribution in [3.8, 4) is 11.3 Å². The van der Waals surface area contributed by atoms with Crippen LogP contribution in [0, 0.1) is 11.8 Å². The molecule has 1 aliphatic carbocycles. The van der Waals surface area contributed by atoms with Crippen molar-refractivity contribution >= 4 is 23.0 Å². The molecule has 0 spiro atoms. The normalized spacial score (nSPS) is 18.7. The van der Waals surface area contributed by atoms with E-state index in [0.717, 1.165) is 33.5 Å². The summed E-state index contributed by atoms with van der Waals surface area (Å²) in [4.78, 5) is 34.8. The Morgan fingerprint density at radius 1 is 0.839 bits per heavy atom. The summed E-state index contributed by atoms with van der Waals surface area (Å²) in [5.41, 5.74) is 4.58. The molecule has 0 fully saturated rings. The van der Waals surface area contributed by atoms with Crippen LogP contribution < -0.4 is 0 Å². The Kier molecular flexibility index (Phi) is 5.48. The summed E-state index contributed by atoms with van der Waals surface area (Å²) in [7, 11) is 2.79. The number of hydrogen-bond donors (Lipinski definition) is 0. The minimum absolute atomic E-state index is 0.287. The molecule has 2 atom stereocenters. The zero-order valence-electron chi connectivity index (χ0n) is 18.2. The van der Waals surface area contributed by atoms with E-state index in [9.17, 15) is 9.59 Å². The number of nitrogens with zero attached hydrogens (tertiary/aromatic N) is 2. The largest absolute Gasteiger partial charge is 0.469 e. The Labute approximate surface area is 181 Å². The lowest BCUT2D eigenvalue weighted by molar-refractivity contribution is -0.146. The molecule has 1 aromatic heterocycles. The number of rotatable bonds is 6. The van der Waals surface area contributed by atoms with Crippen molar-refractivity contribution in [3.05, 3.63) is 59.8 Å². The molecule has 1 aliphatic rings. The lowest BCUT2D eigenvalue weighted by atomic mass is 9.69. The highest BCUT2D eigenvalue weighted by atomic mass is 16.5. The van der Waals surface area contributed by atoms with Crippen LogP contribution in [0.2, 0.25) is 0 Å². The third-order valence-electron chi connectivity index (χ3n) is 6.24. The first-order valence-corrected chi connectivity index (χ1v) is 10.4. The zero-order chi connectivity index (χ0) is 22.2. The van der Waals surface area contributed by atoms with Crippen LogP contribution in [0.15, 0.2) is 48.5 Å². The van der Waals surface area contributed by atoms with Crippen LogP contribution in [0.3, 0.4) is 0 Å². The predicted octanol–water partition coefficient (Wildman–Crippen LogP) is 4.29. The number of hydrogen-bond acceptors (Lipinski definition) is 6. The molecule has 6 heteroatoms. The lowest BCUT2D eigenvalue weighted by Crippen LogP contribution is -2.35. The van der Waals surface area contributed by atoms with E-state index in [4.69, 9.17) is 19.4 Å². The van der Waals surface area contributed by atoms with Gasteiger partial charge >= 0.3 is 11.9 Å². The number of aromatic nitrogens is 2. The van der Waals surface area contributed by atoms with E-state index in [1.165, 1.54) is 14.2 Å². The first-order valence-electron chi connectivity index (χ1n) is 10.4. The molecular formula is C25H26N2O4. The first-order chi connectivity index (χ1) is 14.9. The molecule has 0 saturated carbocycles. The molecule has 1 heterocycles. The van der Waals surface area contributed by atoms with Crippen molar-refractivity contribution in [3.63, 3.8) is 0 Å². The minimum atomic E-state index is -0.663. The van der Waals surface area contributed by atoms with Crippen LogP contribution in [0.5, 0.6) is 0 Å². The van der Waals surface area contributed by atoms with E-state index in [0.29, 0.717) is 12.8 Å². The van der Waals surface area contributed by atoms with Gasteiger partial charge in [0, 0.05) is 11.0 Å². The second-order valence-electron chi connectivity index (χ2n) is 8.29. The first kappa shape index (κ1) is 21.0. The van der Waals surface area contributed by atoms with Crippen molar-refractivity contribution in [2.75, 3.05) is 14.2 Å². The minimum Gasteiger partial charge on any atom is -0.469 e. The molecule has 0 N–H and O–H groups in total. The molecule has 0 amide bonds. The van der Waals surface area contributed by atoms with Gasteiger partial charge in [-0.25, -0.2) is 9.97 Å². The molecule has 0 aliphatic heterocycles. The van der Waals surface area contributed by atoms with Crippen LogP contribution in [0.1, 0.15) is 37.9 Å². The molecule has 3 aromatic rings. The summed E-state index contributed by atoms with van der Waals surface area (Å²) >= 11 is 0. The van der Waals surface area contributed by atoms with Gasteiger partial charge < -0.3 is 9.47 Å². The van der Waals surface area contributed by atoms with Gasteiger partial charge in [0.05, 0.1) is 48.5 Å². The van der Waals surface area contributed by atoms with Gasteiger partial charge in [-0.05, 0) is 30.5 Å². The van der Waals surface area contributed by atoms with Gasteiger partial charge in [0.2, 0.25) is 0 Å². The molecule has 2 aromatic carbocycles. The highest BCUT2D eigenvalue weighted by Gasteiger charge is 2.48. The summed E-state index contributed by atoms with van der Waals surface area (Å²) in [6, 6.07) is 15.8. The highest BCUT2D eigenvalue weighted by molar-refractivity contribution is 5.85. The van der Waals surface area contributed by atoms with Gasteiger partial charge in [-0.1, -0.05) is 50.2 Å². The number of ether oxygens (including phenoxy) is 2. The number of carbonyl (C=O) groups is 2. The Bertz CT molecular complexity index is 1130. The molecule has 2 unspecified atom stereocenters. The number of para-hydroxylation sites is 2. The van der Waals surface area contributed by atoms with Crippen LogP contribution in [-0.4, -0.2) is 36.1 Å². The van der Waals surface area contributed by atoms with E-state index >= 15 is 0 Å². The van der Waals surface area contributed by atoms with E-state index in [-0.39, 0.29) is 23.8 Å². The maximum Gasteiger partial charge on any atom is 0.308 e. The smallest absolute Gasteiger partial charge is 0.308 e. The Morgan fingerprint density at radius 2 is 1.35 bits per heavy atom. The van der Waals surface area contributed by atoms with Crippen molar-refractivity contribution in [1.82, 2.24) is 9.97 Å². The molecule has 4 rings (SSSR count). The number of fused-ring (bicyclic) bond motifs is 4. The Balaban J connectivity index is 1.97. The van der Waals surface area contributed by atoms with Crippen LogP contribution >= 0.6 is 0 Å². The molecule has 0 radical (unpaired) electrons. The summed E-state index contributed by atoms with van der Waals surface area (Å²) in [5.74, 6) is -1.35. The van der Waals surface area contributed by atoms with Crippen molar-refractivity contribution in [1.29, 1.82) is 0 Å². The SMILES string of the molecule is COC(=O)C(C)CC1(CC(C)C(=O)OC)c2ccccc2-c2nc3ccccc3nc21. The Morgan fingerprint density at radius 3 is 1.94 bits per heavy atom. The summed E-state index contributed by atoms with van der Waals surface area (Å²) in [6.07, 6.45) is 0.913.